The van der Waals surface area contributed by atoms with Crippen LogP contribution < -0.4 is 5.43 Å². The normalized spacial score (nSPS) is 11.2. The molecule has 96 valence electrons. The number of carbonyl (C=O) groups excluding carboxylic acids is 1. The highest BCUT2D eigenvalue weighted by Crippen LogP contribution is 2.10. The second kappa shape index (κ2) is 6.24. The van der Waals surface area contributed by atoms with Gasteiger partial charge in [0.25, 0.3) is 5.91 Å². The standard InChI is InChI=1S/C14H12BrN3O/c1-10(13-4-2-3-9-16-13)17-18-14(19)11-5-7-12(15)8-6-11/h2-9H,1H3,(H,18,19). The molecule has 4 nitrogen and oxygen atoms in total. The van der Waals surface area contributed by atoms with Gasteiger partial charge in [-0.1, -0.05) is 22.0 Å². The molecule has 0 saturated heterocycles. The Morgan fingerprint density at radius 1 is 1.21 bits per heavy atom. The van der Waals surface area contributed by atoms with E-state index in [1.807, 2.05) is 30.3 Å². The molecule has 1 heterocycles. The average molecular weight is 318 g/mol. The van der Waals surface area contributed by atoms with Crippen molar-refractivity contribution >= 4 is 27.5 Å². The van der Waals surface area contributed by atoms with Gasteiger partial charge in [-0.25, -0.2) is 5.43 Å². The van der Waals surface area contributed by atoms with Crippen molar-refractivity contribution in [2.75, 3.05) is 0 Å². The molecule has 19 heavy (non-hydrogen) atoms. The molecule has 0 unspecified atom stereocenters. The Kier molecular flexibility index (Phi) is 4.41. The maximum atomic E-state index is 11.8. The largest absolute Gasteiger partial charge is 0.271 e. The molecule has 0 fully saturated rings. The van der Waals surface area contributed by atoms with E-state index in [1.54, 1.807) is 25.3 Å². The average Bonchev–Trinajstić information content (AvgIpc) is 2.46. The third-order valence-corrected chi connectivity index (χ3v) is 3.00. The lowest BCUT2D eigenvalue weighted by Gasteiger charge is -2.02. The third-order valence-electron chi connectivity index (χ3n) is 2.47. The van der Waals surface area contributed by atoms with E-state index >= 15 is 0 Å². The second-order valence-corrected chi connectivity index (χ2v) is 4.78. The predicted molar refractivity (Wildman–Crippen MR) is 78.1 cm³/mol. The first-order valence-corrected chi connectivity index (χ1v) is 6.48. The molecular formula is C14H12BrN3O. The van der Waals surface area contributed by atoms with Crippen LogP contribution in [0.25, 0.3) is 0 Å². The number of benzene rings is 1. The highest BCUT2D eigenvalue weighted by molar-refractivity contribution is 9.10. The van der Waals surface area contributed by atoms with Gasteiger partial charge in [-0.05, 0) is 43.3 Å². The van der Waals surface area contributed by atoms with Crippen LogP contribution in [0.3, 0.4) is 0 Å². The summed E-state index contributed by atoms with van der Waals surface area (Å²) in [5.74, 6) is -0.247. The number of amides is 1. The molecule has 2 aromatic rings. The lowest BCUT2D eigenvalue weighted by Crippen LogP contribution is -2.19. The molecule has 5 heteroatoms. The van der Waals surface area contributed by atoms with Gasteiger partial charge in [0.2, 0.25) is 0 Å². The quantitative estimate of drug-likeness (QED) is 0.699. The first-order valence-electron chi connectivity index (χ1n) is 5.68. The number of halogens is 1. The fourth-order valence-electron chi connectivity index (χ4n) is 1.43. The van der Waals surface area contributed by atoms with Gasteiger partial charge in [-0.2, -0.15) is 5.10 Å². The van der Waals surface area contributed by atoms with E-state index in [4.69, 9.17) is 0 Å². The molecule has 0 aliphatic carbocycles. The highest BCUT2D eigenvalue weighted by atomic mass is 79.9. The van der Waals surface area contributed by atoms with E-state index in [0.717, 1.165) is 10.2 Å². The Bertz CT molecular complexity index is 594. The summed E-state index contributed by atoms with van der Waals surface area (Å²) < 4.78 is 0.928. The SMILES string of the molecule is CC(=NNC(=O)c1ccc(Br)cc1)c1ccccn1. The molecule has 0 aliphatic heterocycles. The van der Waals surface area contributed by atoms with E-state index in [0.29, 0.717) is 11.3 Å². The number of aromatic nitrogens is 1. The van der Waals surface area contributed by atoms with Gasteiger partial charge in [0, 0.05) is 16.2 Å². The van der Waals surface area contributed by atoms with Gasteiger partial charge in [0.1, 0.15) is 0 Å². The number of hydrogen-bond acceptors (Lipinski definition) is 3. The highest BCUT2D eigenvalue weighted by Gasteiger charge is 2.04. The van der Waals surface area contributed by atoms with Crippen LogP contribution >= 0.6 is 15.9 Å². The Hall–Kier alpha value is -2.01. The van der Waals surface area contributed by atoms with Crippen LogP contribution in [0.2, 0.25) is 0 Å². The molecule has 0 saturated carbocycles. The van der Waals surface area contributed by atoms with Crippen LogP contribution in [0.1, 0.15) is 23.0 Å². The van der Waals surface area contributed by atoms with Crippen molar-refractivity contribution in [2.45, 2.75) is 6.92 Å². The van der Waals surface area contributed by atoms with Crippen molar-refractivity contribution in [1.29, 1.82) is 0 Å². The number of rotatable bonds is 3. The summed E-state index contributed by atoms with van der Waals surface area (Å²) in [5.41, 5.74) is 4.46. The maximum Gasteiger partial charge on any atom is 0.271 e. The summed E-state index contributed by atoms with van der Waals surface area (Å²) in [6.07, 6.45) is 1.69. The Balaban J connectivity index is 2.06. The maximum absolute atomic E-state index is 11.8. The Morgan fingerprint density at radius 3 is 2.58 bits per heavy atom. The molecule has 1 N–H and O–H groups in total. The fraction of sp³-hybridized carbons (Fsp3) is 0.0714. The number of hydrogen-bond donors (Lipinski definition) is 1. The summed E-state index contributed by atoms with van der Waals surface area (Å²) in [4.78, 5) is 16.0. The van der Waals surface area contributed by atoms with E-state index in [1.165, 1.54) is 0 Å². The molecule has 2 rings (SSSR count). The summed E-state index contributed by atoms with van der Waals surface area (Å²) in [7, 11) is 0. The van der Waals surface area contributed by atoms with E-state index < -0.39 is 0 Å². The second-order valence-electron chi connectivity index (χ2n) is 3.86. The Labute approximate surface area is 119 Å². The molecule has 0 spiro atoms. The molecule has 1 amide bonds. The van der Waals surface area contributed by atoms with Crippen LogP contribution in [-0.4, -0.2) is 16.6 Å². The fourth-order valence-corrected chi connectivity index (χ4v) is 1.70. The first-order chi connectivity index (χ1) is 9.16. The van der Waals surface area contributed by atoms with Crippen molar-refractivity contribution in [3.63, 3.8) is 0 Å². The van der Waals surface area contributed by atoms with E-state index in [9.17, 15) is 4.79 Å². The van der Waals surface area contributed by atoms with Crippen molar-refractivity contribution in [1.82, 2.24) is 10.4 Å². The van der Waals surface area contributed by atoms with Crippen LogP contribution in [0.15, 0.2) is 58.2 Å². The number of pyridine rings is 1. The minimum absolute atomic E-state index is 0.247. The number of nitrogens with one attached hydrogen (secondary N) is 1. The van der Waals surface area contributed by atoms with E-state index in [-0.39, 0.29) is 5.91 Å². The topological polar surface area (TPSA) is 54.4 Å². The van der Waals surface area contributed by atoms with E-state index in [2.05, 4.69) is 31.4 Å². The van der Waals surface area contributed by atoms with Gasteiger partial charge in [0.05, 0.1) is 11.4 Å². The minimum Gasteiger partial charge on any atom is -0.267 e. The summed E-state index contributed by atoms with van der Waals surface area (Å²) in [6, 6.07) is 12.6. The summed E-state index contributed by atoms with van der Waals surface area (Å²) >= 11 is 3.32. The van der Waals surface area contributed by atoms with Crippen molar-refractivity contribution in [3.05, 3.63) is 64.4 Å². The zero-order valence-electron chi connectivity index (χ0n) is 10.3. The molecule has 0 aliphatic rings. The van der Waals surface area contributed by atoms with Crippen LogP contribution in [0.5, 0.6) is 0 Å². The first kappa shape index (κ1) is 13.4. The molecule has 0 radical (unpaired) electrons. The van der Waals surface area contributed by atoms with Gasteiger partial charge in [-0.15, -0.1) is 0 Å². The summed E-state index contributed by atoms with van der Waals surface area (Å²) in [6.45, 7) is 1.80. The Morgan fingerprint density at radius 2 is 1.95 bits per heavy atom. The van der Waals surface area contributed by atoms with Crippen molar-refractivity contribution in [3.8, 4) is 0 Å². The van der Waals surface area contributed by atoms with Gasteiger partial charge in [0.15, 0.2) is 0 Å². The molecule has 1 aromatic heterocycles. The van der Waals surface area contributed by atoms with Crippen molar-refractivity contribution < 1.29 is 4.79 Å². The lowest BCUT2D eigenvalue weighted by atomic mass is 10.2. The number of hydrazone groups is 1. The van der Waals surface area contributed by atoms with Gasteiger partial charge < -0.3 is 0 Å². The third kappa shape index (κ3) is 3.72. The zero-order chi connectivity index (χ0) is 13.7. The predicted octanol–water partition coefficient (Wildman–Crippen LogP) is 3.00. The zero-order valence-corrected chi connectivity index (χ0v) is 11.9. The molecule has 0 bridgehead atoms. The monoisotopic (exact) mass is 317 g/mol. The van der Waals surface area contributed by atoms with Crippen LogP contribution in [-0.2, 0) is 0 Å². The smallest absolute Gasteiger partial charge is 0.267 e. The van der Waals surface area contributed by atoms with Gasteiger partial charge >= 0.3 is 0 Å². The molecule has 0 atom stereocenters. The molecular weight excluding hydrogens is 306 g/mol. The van der Waals surface area contributed by atoms with Crippen LogP contribution in [0.4, 0.5) is 0 Å². The summed E-state index contributed by atoms with van der Waals surface area (Å²) in [5, 5.41) is 4.04. The number of carbonyl (C=O) groups is 1. The van der Waals surface area contributed by atoms with Crippen LogP contribution in [0, 0.1) is 0 Å². The lowest BCUT2D eigenvalue weighted by molar-refractivity contribution is 0.0955. The number of nitrogens with zero attached hydrogens (tertiary/aromatic N) is 2. The molecule has 1 aromatic carbocycles. The minimum atomic E-state index is -0.247. The van der Waals surface area contributed by atoms with Crippen molar-refractivity contribution in [2.24, 2.45) is 5.10 Å². The van der Waals surface area contributed by atoms with Gasteiger partial charge in [-0.3, -0.25) is 9.78 Å².